The number of carbonyl (C=O) groups is 1. The summed E-state index contributed by atoms with van der Waals surface area (Å²) >= 11 is 5.36. The molecule has 0 spiro atoms. The summed E-state index contributed by atoms with van der Waals surface area (Å²) in [6, 6.07) is 7.89. The molecule has 6 nitrogen and oxygen atoms in total. The molecule has 0 aromatic heterocycles. The van der Waals surface area contributed by atoms with Gasteiger partial charge < -0.3 is 19.5 Å². The fraction of sp³-hybridized carbons (Fsp3) is 0.381. The topological polar surface area (TPSA) is 68.8 Å². The average molecular weight is 443 g/mol. The van der Waals surface area contributed by atoms with Crippen LogP contribution in [0.25, 0.3) is 0 Å². The molecule has 0 aliphatic carbocycles. The summed E-state index contributed by atoms with van der Waals surface area (Å²) in [5.41, 5.74) is 1.74. The van der Waals surface area contributed by atoms with Crippen molar-refractivity contribution in [1.29, 1.82) is 0 Å². The molecule has 164 valence electrons. The molecule has 9 heteroatoms. The number of halogens is 3. The molecule has 0 atom stereocenters. The van der Waals surface area contributed by atoms with Gasteiger partial charge in [0, 0.05) is 18.2 Å². The van der Waals surface area contributed by atoms with Crippen LogP contribution in [0.3, 0.4) is 0 Å². The number of rotatable bonds is 10. The normalized spacial score (nSPS) is 11.2. The highest BCUT2D eigenvalue weighted by Crippen LogP contribution is 2.38. The zero-order valence-corrected chi connectivity index (χ0v) is 18.0. The summed E-state index contributed by atoms with van der Waals surface area (Å²) in [5.74, 6) is -1.93. The molecule has 2 aromatic rings. The molecule has 0 saturated heterocycles. The van der Waals surface area contributed by atoms with E-state index in [0.29, 0.717) is 41.3 Å². The highest BCUT2D eigenvalue weighted by molar-refractivity contribution is 6.15. The molecule has 0 saturated carbocycles. The highest BCUT2D eigenvalue weighted by atomic mass is 35.5. The molecule has 0 bridgehead atoms. The zero-order chi connectivity index (χ0) is 22.3. The van der Waals surface area contributed by atoms with Crippen molar-refractivity contribution >= 4 is 23.4 Å². The largest absolute Gasteiger partial charge is 0.493 e. The Morgan fingerprint density at radius 2 is 1.67 bits per heavy atom. The molecule has 2 rings (SSSR count). The van der Waals surface area contributed by atoms with Crippen molar-refractivity contribution in [2.75, 3.05) is 33.2 Å². The summed E-state index contributed by atoms with van der Waals surface area (Å²) in [5, 5.41) is 2.63. The summed E-state index contributed by atoms with van der Waals surface area (Å²) in [4.78, 5) is 14.2. The van der Waals surface area contributed by atoms with Gasteiger partial charge in [0.05, 0.1) is 27.9 Å². The molecule has 0 fully saturated rings. The number of ether oxygens (including phenoxy) is 3. The minimum atomic E-state index is -3.03. The summed E-state index contributed by atoms with van der Waals surface area (Å²) in [7, 11) is 4.59. The van der Waals surface area contributed by atoms with Crippen molar-refractivity contribution in [2.24, 2.45) is 0 Å². The second-order valence-corrected chi connectivity index (χ2v) is 6.92. The minimum Gasteiger partial charge on any atom is -0.493 e. The molecule has 0 heterocycles. The van der Waals surface area contributed by atoms with Gasteiger partial charge in [0.1, 0.15) is 0 Å². The fourth-order valence-electron chi connectivity index (χ4n) is 3.00. The molecule has 0 radical (unpaired) electrons. The van der Waals surface area contributed by atoms with E-state index in [-0.39, 0.29) is 12.1 Å². The third-order valence-electron chi connectivity index (χ3n) is 4.53. The first kappa shape index (κ1) is 23.7. The molecule has 1 amide bonds. The Morgan fingerprint density at radius 1 is 1.03 bits per heavy atom. The predicted molar refractivity (Wildman–Crippen MR) is 112 cm³/mol. The van der Waals surface area contributed by atoms with Gasteiger partial charge in [0.25, 0.3) is 5.92 Å². The van der Waals surface area contributed by atoms with Crippen LogP contribution < -0.4 is 24.4 Å². The van der Waals surface area contributed by atoms with E-state index in [0.717, 1.165) is 12.5 Å². The molecule has 2 N–H and O–H groups in total. The third-order valence-corrected chi connectivity index (χ3v) is 4.66. The first-order valence-corrected chi connectivity index (χ1v) is 9.54. The molecule has 30 heavy (non-hydrogen) atoms. The van der Waals surface area contributed by atoms with Gasteiger partial charge in [0.15, 0.2) is 11.5 Å². The van der Waals surface area contributed by atoms with Crippen LogP contribution in [0.1, 0.15) is 23.6 Å². The second-order valence-electron chi connectivity index (χ2n) is 6.65. The van der Waals surface area contributed by atoms with Gasteiger partial charge in [0.2, 0.25) is 11.7 Å². The zero-order valence-electron chi connectivity index (χ0n) is 17.3. The van der Waals surface area contributed by atoms with Crippen molar-refractivity contribution in [3.63, 3.8) is 0 Å². The maximum absolute atomic E-state index is 13.8. The fourth-order valence-corrected chi connectivity index (χ4v) is 3.12. The van der Waals surface area contributed by atoms with Crippen LogP contribution in [0.15, 0.2) is 30.3 Å². The number of alkyl halides is 2. The number of anilines is 1. The van der Waals surface area contributed by atoms with Crippen LogP contribution >= 0.6 is 11.8 Å². The van der Waals surface area contributed by atoms with Crippen molar-refractivity contribution in [1.82, 2.24) is 4.84 Å². The summed E-state index contributed by atoms with van der Waals surface area (Å²) in [6.45, 7) is 0.657. The summed E-state index contributed by atoms with van der Waals surface area (Å²) < 4.78 is 43.6. The quantitative estimate of drug-likeness (QED) is 0.537. The number of hydrogen-bond donors (Lipinski definition) is 2. The van der Waals surface area contributed by atoms with E-state index in [1.807, 2.05) is 12.1 Å². The number of benzene rings is 2. The number of nitrogens with one attached hydrogen (secondary N) is 2. The van der Waals surface area contributed by atoms with Gasteiger partial charge in [-0.3, -0.25) is 4.79 Å². The van der Waals surface area contributed by atoms with Crippen LogP contribution in [0.2, 0.25) is 0 Å². The summed E-state index contributed by atoms with van der Waals surface area (Å²) in [6.07, 6.45) is 1.04. The Labute approximate surface area is 179 Å². The van der Waals surface area contributed by atoms with Gasteiger partial charge >= 0.3 is 0 Å². The number of methoxy groups -OCH3 is 3. The SMILES string of the molecule is COc1cc(CCc2ccc(C(C)(F)F)cc2NC(=O)CNCl)cc(OC)c1OC. The van der Waals surface area contributed by atoms with E-state index in [1.54, 1.807) is 6.07 Å². The second kappa shape index (κ2) is 10.4. The van der Waals surface area contributed by atoms with Gasteiger partial charge in [-0.15, -0.1) is 0 Å². The van der Waals surface area contributed by atoms with Crippen LogP contribution in [-0.2, 0) is 23.6 Å². The molecule has 0 unspecified atom stereocenters. The lowest BCUT2D eigenvalue weighted by Gasteiger charge is -2.17. The molecular weight excluding hydrogens is 418 g/mol. The van der Waals surface area contributed by atoms with E-state index >= 15 is 0 Å². The molecule has 0 aliphatic rings. The maximum Gasteiger partial charge on any atom is 0.270 e. The molecule has 0 aliphatic heterocycles. The van der Waals surface area contributed by atoms with E-state index in [4.69, 9.17) is 26.0 Å². The lowest BCUT2D eigenvalue weighted by atomic mass is 9.99. The molecular formula is C21H25ClF2N2O4. The third kappa shape index (κ3) is 5.96. The van der Waals surface area contributed by atoms with Crippen molar-refractivity contribution in [2.45, 2.75) is 25.7 Å². The minimum absolute atomic E-state index is 0.152. The van der Waals surface area contributed by atoms with E-state index in [2.05, 4.69) is 10.2 Å². The Balaban J connectivity index is 2.32. The van der Waals surface area contributed by atoms with Crippen molar-refractivity contribution < 1.29 is 27.8 Å². The van der Waals surface area contributed by atoms with Crippen LogP contribution in [-0.4, -0.2) is 33.8 Å². The highest BCUT2D eigenvalue weighted by Gasteiger charge is 2.25. The first-order chi connectivity index (χ1) is 14.2. The lowest BCUT2D eigenvalue weighted by molar-refractivity contribution is -0.115. The van der Waals surface area contributed by atoms with E-state index in [1.165, 1.54) is 33.5 Å². The van der Waals surface area contributed by atoms with Gasteiger partial charge in [-0.25, -0.2) is 13.6 Å². The van der Waals surface area contributed by atoms with Crippen molar-refractivity contribution in [3.8, 4) is 17.2 Å². The van der Waals surface area contributed by atoms with Gasteiger partial charge in [-0.05, 0) is 53.9 Å². The maximum atomic E-state index is 13.8. The van der Waals surface area contributed by atoms with Crippen LogP contribution in [0.4, 0.5) is 14.5 Å². The number of hydrogen-bond acceptors (Lipinski definition) is 5. The monoisotopic (exact) mass is 442 g/mol. The average Bonchev–Trinajstić information content (AvgIpc) is 2.71. The predicted octanol–water partition coefficient (Wildman–Crippen LogP) is 4.29. The van der Waals surface area contributed by atoms with Gasteiger partial charge in [-0.2, -0.15) is 0 Å². The van der Waals surface area contributed by atoms with Gasteiger partial charge in [-0.1, -0.05) is 12.1 Å². The Hall–Kier alpha value is -2.58. The smallest absolute Gasteiger partial charge is 0.270 e. The number of aryl methyl sites for hydroxylation is 2. The standard InChI is InChI=1S/C21H25ClF2N2O4/c1-21(23,24)15-8-7-14(16(11-15)26-19(27)12-25-22)6-5-13-9-17(28-2)20(30-4)18(10-13)29-3/h7-11,25H,5-6,12H2,1-4H3,(H,26,27). The number of carbonyl (C=O) groups excluding carboxylic acids is 1. The lowest BCUT2D eigenvalue weighted by Crippen LogP contribution is -2.23. The Morgan fingerprint density at radius 3 is 2.17 bits per heavy atom. The first-order valence-electron chi connectivity index (χ1n) is 9.17. The Bertz CT molecular complexity index is 863. The molecule has 2 aromatic carbocycles. The Kier molecular flexibility index (Phi) is 8.25. The number of amides is 1. The van der Waals surface area contributed by atoms with Crippen LogP contribution in [0.5, 0.6) is 17.2 Å². The van der Waals surface area contributed by atoms with E-state index in [9.17, 15) is 13.6 Å². The van der Waals surface area contributed by atoms with Crippen molar-refractivity contribution in [3.05, 3.63) is 47.0 Å². The van der Waals surface area contributed by atoms with E-state index < -0.39 is 11.8 Å². The van der Waals surface area contributed by atoms with Crippen LogP contribution in [0, 0.1) is 0 Å².